The molecule has 1 atom stereocenters. The lowest BCUT2D eigenvalue weighted by Gasteiger charge is -2.25. The number of carbonyl (C=O) groups excluding carboxylic acids is 4. The van der Waals surface area contributed by atoms with Gasteiger partial charge in [0.15, 0.2) is 0 Å². The van der Waals surface area contributed by atoms with Crippen molar-refractivity contribution in [2.45, 2.75) is 85.0 Å². The zero-order valence-corrected chi connectivity index (χ0v) is 19.3. The Morgan fingerprint density at radius 3 is 1.97 bits per heavy atom. The van der Waals surface area contributed by atoms with Gasteiger partial charge in [-0.05, 0) is 67.7 Å². The number of nitrogens with one attached hydrogen (secondary N) is 3. The minimum absolute atomic E-state index is 0.222. The first-order chi connectivity index (χ1) is 13.6. The minimum atomic E-state index is -0.867. The molecule has 0 saturated carbocycles. The van der Waals surface area contributed by atoms with E-state index in [1.54, 1.807) is 48.5 Å². The average Bonchev–Trinajstić information content (AvgIpc) is 2.55. The maximum Gasteiger partial charge on any atom is 0.408 e. The molecule has 0 aromatic carbocycles. The van der Waals surface area contributed by atoms with Crippen LogP contribution in [0.3, 0.4) is 0 Å². The molecule has 0 aliphatic carbocycles. The monoisotopic (exact) mass is 427 g/mol. The Kier molecular flexibility index (Phi) is 11.1. The fourth-order valence-corrected chi connectivity index (χ4v) is 2.16. The first kappa shape index (κ1) is 27.4. The Hall–Kier alpha value is -2.58. The lowest BCUT2D eigenvalue weighted by molar-refractivity contribution is -0.158. The second-order valence-electron chi connectivity index (χ2n) is 9.04. The summed E-state index contributed by atoms with van der Waals surface area (Å²) in [6.07, 6.45) is 0.792. The zero-order valence-electron chi connectivity index (χ0n) is 19.3. The van der Waals surface area contributed by atoms with Crippen LogP contribution in [0.5, 0.6) is 0 Å². The van der Waals surface area contributed by atoms with Crippen molar-refractivity contribution in [1.29, 1.82) is 0 Å². The lowest BCUT2D eigenvalue weighted by atomic mass is 10.1. The van der Waals surface area contributed by atoms with E-state index < -0.39 is 35.2 Å². The van der Waals surface area contributed by atoms with Crippen LogP contribution in [0.4, 0.5) is 4.79 Å². The Morgan fingerprint density at radius 1 is 0.900 bits per heavy atom. The van der Waals surface area contributed by atoms with Gasteiger partial charge in [0.1, 0.15) is 23.8 Å². The third-order valence-corrected chi connectivity index (χ3v) is 3.41. The minimum Gasteiger partial charge on any atom is -0.458 e. The summed E-state index contributed by atoms with van der Waals surface area (Å²) in [6, 6.07) is -0.867. The lowest BCUT2D eigenvalue weighted by Crippen LogP contribution is -2.48. The fourth-order valence-electron chi connectivity index (χ4n) is 2.16. The molecule has 0 unspecified atom stereocenters. The van der Waals surface area contributed by atoms with Crippen LogP contribution in [0.25, 0.3) is 0 Å². The van der Waals surface area contributed by atoms with E-state index in [4.69, 9.17) is 9.47 Å². The third kappa shape index (κ3) is 14.4. The van der Waals surface area contributed by atoms with Crippen molar-refractivity contribution in [3.63, 3.8) is 0 Å². The van der Waals surface area contributed by atoms with Crippen molar-refractivity contribution in [3.8, 4) is 0 Å². The number of ether oxygens (including phenoxy) is 2. The number of carbonyl (C=O) groups is 4. The molecule has 0 aliphatic rings. The molecule has 0 rings (SSSR count). The highest BCUT2D eigenvalue weighted by molar-refractivity contribution is 5.92. The molecule has 3 amide bonds. The van der Waals surface area contributed by atoms with Crippen LogP contribution in [-0.4, -0.2) is 54.2 Å². The second-order valence-corrected chi connectivity index (χ2v) is 9.04. The molecular formula is C21H37N3O6. The molecule has 9 nitrogen and oxygen atoms in total. The summed E-state index contributed by atoms with van der Waals surface area (Å²) in [4.78, 5) is 47.8. The molecular weight excluding hydrogens is 390 g/mol. The molecule has 172 valence electrons. The quantitative estimate of drug-likeness (QED) is 0.279. The van der Waals surface area contributed by atoms with Crippen LogP contribution in [0.1, 0.15) is 67.7 Å². The van der Waals surface area contributed by atoms with Crippen molar-refractivity contribution in [2.24, 2.45) is 0 Å². The largest absolute Gasteiger partial charge is 0.458 e. The summed E-state index contributed by atoms with van der Waals surface area (Å²) in [6.45, 7) is 15.6. The normalized spacial score (nSPS) is 12.4. The fraction of sp³-hybridized carbons (Fsp3) is 0.714. The number of rotatable bonds is 10. The molecule has 0 spiro atoms. The molecule has 0 radical (unpaired) electrons. The highest BCUT2D eigenvalue weighted by Crippen LogP contribution is 2.11. The van der Waals surface area contributed by atoms with Crippen molar-refractivity contribution < 1.29 is 28.7 Å². The van der Waals surface area contributed by atoms with Gasteiger partial charge in [-0.1, -0.05) is 6.58 Å². The molecule has 30 heavy (non-hydrogen) atoms. The number of amides is 3. The van der Waals surface area contributed by atoms with Gasteiger partial charge >= 0.3 is 12.1 Å². The molecule has 3 N–H and O–H groups in total. The van der Waals surface area contributed by atoms with Gasteiger partial charge in [-0.2, -0.15) is 0 Å². The maximum atomic E-state index is 12.5. The highest BCUT2D eigenvalue weighted by Gasteiger charge is 2.26. The number of hydrogen-bond donors (Lipinski definition) is 3. The Labute approximate surface area is 179 Å². The average molecular weight is 428 g/mol. The van der Waals surface area contributed by atoms with Crippen LogP contribution < -0.4 is 16.0 Å². The molecule has 0 heterocycles. The highest BCUT2D eigenvalue weighted by atomic mass is 16.6. The predicted molar refractivity (Wildman–Crippen MR) is 114 cm³/mol. The molecule has 0 aromatic heterocycles. The second kappa shape index (κ2) is 12.2. The van der Waals surface area contributed by atoms with Gasteiger partial charge in [-0.3, -0.25) is 9.59 Å². The van der Waals surface area contributed by atoms with Crippen LogP contribution in [0, 0.1) is 0 Å². The van der Waals surface area contributed by atoms with E-state index in [2.05, 4.69) is 22.5 Å². The van der Waals surface area contributed by atoms with Gasteiger partial charge in [0.05, 0.1) is 0 Å². The SMILES string of the molecule is C=C(C)C(=O)NCCCC[C@H](NC(=O)CNC(=O)OC(C)(C)C)C(=O)OC(C)(C)C. The van der Waals surface area contributed by atoms with E-state index >= 15 is 0 Å². The van der Waals surface area contributed by atoms with E-state index in [0.717, 1.165) is 0 Å². The standard InChI is InChI=1S/C21H37N3O6/c1-14(2)17(26)22-12-10-9-11-15(18(27)29-20(3,4)5)24-16(25)13-23-19(28)30-21(6,7)8/h15H,1,9-13H2,2-8H3,(H,22,26)(H,23,28)(H,24,25)/t15-/m0/s1. The molecule has 0 aliphatic heterocycles. The first-order valence-corrected chi connectivity index (χ1v) is 10.0. The number of alkyl carbamates (subject to hydrolysis) is 1. The zero-order chi connectivity index (χ0) is 23.5. The summed E-state index contributed by atoms with van der Waals surface area (Å²) in [5, 5.41) is 7.65. The Morgan fingerprint density at radius 2 is 1.47 bits per heavy atom. The van der Waals surface area contributed by atoms with Crippen LogP contribution in [0.2, 0.25) is 0 Å². The molecule has 9 heteroatoms. The smallest absolute Gasteiger partial charge is 0.408 e. The van der Waals surface area contributed by atoms with Gasteiger partial charge < -0.3 is 25.4 Å². The van der Waals surface area contributed by atoms with Gasteiger partial charge in [-0.15, -0.1) is 0 Å². The summed E-state index contributed by atoms with van der Waals surface area (Å²) in [5.74, 6) is -1.31. The Balaban J connectivity index is 4.68. The van der Waals surface area contributed by atoms with Crippen LogP contribution in [-0.2, 0) is 23.9 Å². The topological polar surface area (TPSA) is 123 Å². The maximum absolute atomic E-state index is 12.5. The van der Waals surface area contributed by atoms with Gasteiger partial charge in [0, 0.05) is 12.1 Å². The predicted octanol–water partition coefficient (Wildman–Crippen LogP) is 2.20. The van der Waals surface area contributed by atoms with Crippen molar-refractivity contribution in [1.82, 2.24) is 16.0 Å². The van der Waals surface area contributed by atoms with Crippen molar-refractivity contribution in [2.75, 3.05) is 13.1 Å². The summed E-state index contributed by atoms with van der Waals surface area (Å²) >= 11 is 0. The number of unbranched alkanes of at least 4 members (excludes halogenated alkanes) is 1. The van der Waals surface area contributed by atoms with E-state index in [9.17, 15) is 19.2 Å². The molecule has 0 saturated heterocycles. The number of esters is 1. The summed E-state index contributed by atoms with van der Waals surface area (Å²) < 4.78 is 10.4. The van der Waals surface area contributed by atoms with E-state index in [1.807, 2.05) is 0 Å². The molecule has 0 aromatic rings. The molecule has 0 bridgehead atoms. The van der Waals surface area contributed by atoms with Crippen molar-refractivity contribution in [3.05, 3.63) is 12.2 Å². The van der Waals surface area contributed by atoms with Gasteiger partial charge in [-0.25, -0.2) is 9.59 Å². The summed E-state index contributed by atoms with van der Waals surface area (Å²) in [7, 11) is 0. The summed E-state index contributed by atoms with van der Waals surface area (Å²) in [5.41, 5.74) is -0.963. The third-order valence-electron chi connectivity index (χ3n) is 3.41. The van der Waals surface area contributed by atoms with Crippen LogP contribution in [0.15, 0.2) is 12.2 Å². The van der Waals surface area contributed by atoms with E-state index in [1.165, 1.54) is 0 Å². The van der Waals surface area contributed by atoms with Gasteiger partial charge in [0.2, 0.25) is 11.8 Å². The van der Waals surface area contributed by atoms with E-state index in [-0.39, 0.29) is 12.5 Å². The van der Waals surface area contributed by atoms with E-state index in [0.29, 0.717) is 31.4 Å². The first-order valence-electron chi connectivity index (χ1n) is 10.0. The Bertz CT molecular complexity index is 632. The number of hydrogen-bond acceptors (Lipinski definition) is 6. The van der Waals surface area contributed by atoms with Crippen LogP contribution >= 0.6 is 0 Å². The van der Waals surface area contributed by atoms with Crippen molar-refractivity contribution >= 4 is 23.9 Å². The van der Waals surface area contributed by atoms with Gasteiger partial charge in [0.25, 0.3) is 0 Å². The molecule has 0 fully saturated rings.